The average molecular weight is 1140 g/mol. The zero-order chi connectivity index (χ0) is 60.1. The second-order valence-electron chi connectivity index (χ2n) is 18.9. The molecule has 4 aromatic rings. The van der Waals surface area contributed by atoms with Crippen molar-refractivity contribution in [1.29, 1.82) is 0 Å². The second-order valence-corrected chi connectivity index (χ2v) is 18.9. The van der Waals surface area contributed by atoms with Gasteiger partial charge in [-0.3, -0.25) is 38.4 Å². The summed E-state index contributed by atoms with van der Waals surface area (Å²) in [5.74, 6) is -4.65. The molecule has 0 heterocycles. The van der Waals surface area contributed by atoms with E-state index >= 15 is 0 Å². The molecule has 3 atom stereocenters. The van der Waals surface area contributed by atoms with Crippen LogP contribution in [0.3, 0.4) is 0 Å². The zero-order valence-electron chi connectivity index (χ0n) is 47.3. The van der Waals surface area contributed by atoms with Crippen molar-refractivity contribution >= 4 is 64.3 Å². The van der Waals surface area contributed by atoms with Gasteiger partial charge >= 0.3 is 0 Å². The van der Waals surface area contributed by atoms with Crippen LogP contribution in [-0.4, -0.2) is 134 Å². The van der Waals surface area contributed by atoms with E-state index in [1.54, 1.807) is 0 Å². The van der Waals surface area contributed by atoms with Gasteiger partial charge in [-0.25, -0.2) is 0 Å². The highest BCUT2D eigenvalue weighted by molar-refractivity contribution is 6.08. The monoisotopic (exact) mass is 1140 g/mol. The number of unbranched alkanes of at least 4 members (excludes halogenated alkanes) is 5. The van der Waals surface area contributed by atoms with Crippen LogP contribution in [0.15, 0.2) is 66.7 Å². The van der Waals surface area contributed by atoms with Crippen LogP contribution in [0.5, 0.6) is 28.7 Å². The average Bonchev–Trinajstić information content (AvgIpc) is 3.53. The summed E-state index contributed by atoms with van der Waals surface area (Å²) in [6, 6.07) is 12.3. The molecule has 17 N–H and O–H groups in total. The Morgan fingerprint density at radius 1 is 0.378 bits per heavy atom. The van der Waals surface area contributed by atoms with Crippen LogP contribution >= 0.6 is 0 Å². The lowest BCUT2D eigenvalue weighted by atomic mass is 10.0. The SMILES string of the molecule is COc1ccc(NC(=O)[C@H](CCCCN)NC(=O)c2cc(NC(=O)[C@H](CCCCN)NC(=O)c3cc(NC(=O)[C@H](CCCCN)NC(=O)c4cc(C(=O)NCCCCCN)c(OC)cc4OC)ccc3OC)ccc2OC)cc1C(N)=O. The molecule has 0 unspecified atom stereocenters. The number of anilines is 3. The molecule has 0 spiro atoms. The van der Waals surface area contributed by atoms with E-state index in [4.69, 9.17) is 52.4 Å². The van der Waals surface area contributed by atoms with E-state index in [1.165, 1.54) is 102 Å². The normalized spacial score (nSPS) is 11.9. The molecule has 4 rings (SSSR count). The number of nitrogens with one attached hydrogen (secondary N) is 7. The largest absolute Gasteiger partial charge is 0.496 e. The number of ether oxygens (including phenoxy) is 5. The van der Waals surface area contributed by atoms with Gasteiger partial charge in [0.2, 0.25) is 17.7 Å². The van der Waals surface area contributed by atoms with Gasteiger partial charge in [0.25, 0.3) is 29.5 Å². The number of nitrogens with two attached hydrogens (primary N) is 5. The van der Waals surface area contributed by atoms with Crippen LogP contribution in [-0.2, 0) is 14.4 Å². The minimum Gasteiger partial charge on any atom is -0.496 e. The van der Waals surface area contributed by atoms with Gasteiger partial charge in [-0.2, -0.15) is 0 Å². The molecule has 8 amide bonds. The van der Waals surface area contributed by atoms with E-state index in [0.717, 1.165) is 12.8 Å². The predicted molar refractivity (Wildman–Crippen MR) is 311 cm³/mol. The summed E-state index contributed by atoms with van der Waals surface area (Å²) < 4.78 is 27.2. The second kappa shape index (κ2) is 34.6. The van der Waals surface area contributed by atoms with E-state index in [9.17, 15) is 38.4 Å². The summed E-state index contributed by atoms with van der Waals surface area (Å²) in [6.07, 6.45) is 5.76. The van der Waals surface area contributed by atoms with E-state index in [-0.39, 0.29) is 92.9 Å². The Labute approximate surface area is 477 Å². The van der Waals surface area contributed by atoms with Crippen LogP contribution in [0.25, 0.3) is 0 Å². The Morgan fingerprint density at radius 3 is 1.04 bits per heavy atom. The first-order valence-corrected chi connectivity index (χ1v) is 27.0. The maximum atomic E-state index is 14.3. The molecule has 0 aromatic heterocycles. The Balaban J connectivity index is 1.57. The Hall–Kier alpha value is -8.52. The van der Waals surface area contributed by atoms with Crippen molar-refractivity contribution in [3.05, 3.63) is 94.5 Å². The highest BCUT2D eigenvalue weighted by Gasteiger charge is 2.29. The highest BCUT2D eigenvalue weighted by atomic mass is 16.5. The number of methoxy groups -OCH3 is 5. The molecule has 0 fully saturated rings. The van der Waals surface area contributed by atoms with E-state index < -0.39 is 65.4 Å². The summed E-state index contributed by atoms with van der Waals surface area (Å²) in [7, 11) is 6.80. The molecule has 82 heavy (non-hydrogen) atoms. The van der Waals surface area contributed by atoms with Crippen molar-refractivity contribution in [3.63, 3.8) is 0 Å². The van der Waals surface area contributed by atoms with Gasteiger partial charge in [0.05, 0.1) is 63.4 Å². The number of hydrogen-bond donors (Lipinski definition) is 12. The van der Waals surface area contributed by atoms with Crippen LogP contribution < -0.4 is 89.6 Å². The standard InChI is InChI=1S/C57H80N12O13/c1-78-45-21-18-34(29-37(45)50(62)70)64-55(75)42(15-7-11-25-59)67-52(72)38-30-35(19-22-46(38)79-2)65-56(76)43(16-8-12-26-60)68-53(73)39-31-36(20-23-47(39)80-3)66-57(77)44(17-9-13-27-61)69-54(74)41-32-40(48(81-4)33-49(41)82-5)51(71)63-28-14-6-10-24-58/h18-23,29-33,42-44H,6-17,24-28,58-61H2,1-5H3,(H2,62,70)(H,63,71)(H,64,75)(H,65,76)(H,66,77)(H,67,72)(H,68,73)(H,69,74)/t42-,43-,44-/m0/s1. The first-order chi connectivity index (χ1) is 39.5. The molecule has 0 radical (unpaired) electrons. The van der Waals surface area contributed by atoms with Gasteiger partial charge in [0.15, 0.2) is 0 Å². The summed E-state index contributed by atoms with van der Waals surface area (Å²) >= 11 is 0. The molecule has 0 bridgehead atoms. The minimum atomic E-state index is -1.17. The molecular weight excluding hydrogens is 1060 g/mol. The maximum Gasteiger partial charge on any atom is 0.255 e. The van der Waals surface area contributed by atoms with Crippen molar-refractivity contribution in [1.82, 2.24) is 21.3 Å². The lowest BCUT2D eigenvalue weighted by Crippen LogP contribution is -2.44. The number of rotatable bonds is 36. The number of benzene rings is 4. The number of hydrogen-bond acceptors (Lipinski definition) is 17. The quantitative estimate of drug-likeness (QED) is 0.0291. The maximum absolute atomic E-state index is 14.3. The minimum absolute atomic E-state index is 0.0327. The van der Waals surface area contributed by atoms with Gasteiger partial charge in [-0.05, 0) is 157 Å². The Bertz CT molecular complexity index is 2830. The smallest absolute Gasteiger partial charge is 0.255 e. The van der Waals surface area contributed by atoms with Crippen molar-refractivity contribution < 1.29 is 62.0 Å². The third-order valence-corrected chi connectivity index (χ3v) is 13.0. The molecule has 0 aliphatic carbocycles. The van der Waals surface area contributed by atoms with Gasteiger partial charge in [-0.1, -0.05) is 6.42 Å². The molecule has 0 aliphatic heterocycles. The van der Waals surface area contributed by atoms with Crippen LogP contribution in [0.2, 0.25) is 0 Å². The molecular formula is C57H80N12O13. The molecule has 4 aromatic carbocycles. The van der Waals surface area contributed by atoms with E-state index in [0.29, 0.717) is 77.7 Å². The fourth-order valence-corrected chi connectivity index (χ4v) is 8.58. The predicted octanol–water partition coefficient (Wildman–Crippen LogP) is 3.29. The van der Waals surface area contributed by atoms with Crippen molar-refractivity contribution in [2.45, 2.75) is 95.2 Å². The fourth-order valence-electron chi connectivity index (χ4n) is 8.58. The van der Waals surface area contributed by atoms with E-state index in [2.05, 4.69) is 37.2 Å². The summed E-state index contributed by atoms with van der Waals surface area (Å²) in [6.45, 7) is 1.89. The molecule has 25 heteroatoms. The number of primary amides is 1. The topological polar surface area (TPSA) is 397 Å². The summed E-state index contributed by atoms with van der Waals surface area (Å²) in [5.41, 5.74) is 29.0. The number of carbonyl (C=O) groups excluding carboxylic acids is 8. The first-order valence-electron chi connectivity index (χ1n) is 27.0. The highest BCUT2D eigenvalue weighted by Crippen LogP contribution is 2.31. The molecule has 25 nitrogen and oxygen atoms in total. The van der Waals surface area contributed by atoms with Gasteiger partial charge in [-0.15, -0.1) is 0 Å². The number of carbonyl (C=O) groups is 8. The van der Waals surface area contributed by atoms with Crippen molar-refractivity contribution in [2.75, 3.05) is 84.2 Å². The third kappa shape index (κ3) is 19.6. The summed E-state index contributed by atoms with van der Waals surface area (Å²) in [4.78, 5) is 110. The lowest BCUT2D eigenvalue weighted by Gasteiger charge is -2.22. The molecule has 446 valence electrons. The summed E-state index contributed by atoms with van der Waals surface area (Å²) in [5, 5.41) is 19.4. The van der Waals surface area contributed by atoms with E-state index in [1.807, 2.05) is 0 Å². The molecule has 0 saturated carbocycles. The van der Waals surface area contributed by atoms with Crippen LogP contribution in [0, 0.1) is 0 Å². The fraction of sp³-hybridized carbons (Fsp3) is 0.439. The third-order valence-electron chi connectivity index (χ3n) is 13.0. The zero-order valence-corrected chi connectivity index (χ0v) is 47.3. The molecule has 0 saturated heterocycles. The molecule has 0 aliphatic rings. The Morgan fingerprint density at radius 2 is 0.695 bits per heavy atom. The first kappa shape index (κ1) is 66.0. The lowest BCUT2D eigenvalue weighted by molar-refractivity contribution is -0.118. The van der Waals surface area contributed by atoms with Crippen molar-refractivity contribution in [2.24, 2.45) is 28.7 Å². The van der Waals surface area contributed by atoms with Crippen LogP contribution in [0.4, 0.5) is 17.1 Å². The number of amides is 8. The van der Waals surface area contributed by atoms with Crippen LogP contribution in [0.1, 0.15) is 129 Å². The van der Waals surface area contributed by atoms with Gasteiger partial charge < -0.3 is 89.6 Å². The van der Waals surface area contributed by atoms with Crippen molar-refractivity contribution in [3.8, 4) is 28.7 Å². The van der Waals surface area contributed by atoms with Gasteiger partial charge in [0.1, 0.15) is 46.9 Å². The Kier molecular flexibility index (Phi) is 27.8. The van der Waals surface area contributed by atoms with Gasteiger partial charge in [0, 0.05) is 29.7 Å².